The van der Waals surface area contributed by atoms with Gasteiger partial charge in [-0.25, -0.2) is 9.97 Å². The molecule has 0 radical (unpaired) electrons. The minimum absolute atomic E-state index is 0.591. The Labute approximate surface area is 144 Å². The van der Waals surface area contributed by atoms with E-state index >= 15 is 0 Å². The van der Waals surface area contributed by atoms with Gasteiger partial charge in [0, 0.05) is 48.3 Å². The average Bonchev–Trinajstić information content (AvgIpc) is 2.70. The van der Waals surface area contributed by atoms with Gasteiger partial charge in [0.05, 0.1) is 11.4 Å². The monoisotopic (exact) mass is 326 g/mol. The van der Waals surface area contributed by atoms with Gasteiger partial charge in [0.2, 0.25) is 0 Å². The fourth-order valence-electron chi connectivity index (χ4n) is 2.36. The van der Waals surface area contributed by atoms with E-state index in [2.05, 4.69) is 30.2 Å². The first kappa shape index (κ1) is 14.9. The average molecular weight is 326 g/mol. The van der Waals surface area contributed by atoms with Crippen molar-refractivity contribution in [3.63, 3.8) is 0 Å². The highest BCUT2D eigenvalue weighted by molar-refractivity contribution is 5.67. The Kier molecular flexibility index (Phi) is 4.07. The van der Waals surface area contributed by atoms with Gasteiger partial charge >= 0.3 is 0 Å². The minimum atomic E-state index is 0.591. The van der Waals surface area contributed by atoms with Crippen molar-refractivity contribution in [2.45, 2.75) is 0 Å². The van der Waals surface area contributed by atoms with E-state index in [1.807, 2.05) is 48.5 Å². The molecule has 4 aromatic rings. The Balaban J connectivity index is 1.80. The lowest BCUT2D eigenvalue weighted by atomic mass is 10.2. The van der Waals surface area contributed by atoms with Crippen molar-refractivity contribution in [3.8, 4) is 22.8 Å². The van der Waals surface area contributed by atoms with E-state index < -0.39 is 0 Å². The maximum Gasteiger partial charge on any atom is 0.163 e. The number of hydrogen-bond acceptors (Lipinski definition) is 6. The lowest BCUT2D eigenvalue weighted by Gasteiger charge is -2.10. The molecule has 1 N–H and O–H groups in total. The quantitative estimate of drug-likeness (QED) is 0.615. The number of rotatable bonds is 4. The summed E-state index contributed by atoms with van der Waals surface area (Å²) in [6.45, 7) is 0. The van der Waals surface area contributed by atoms with Gasteiger partial charge < -0.3 is 5.32 Å². The third-order valence-corrected chi connectivity index (χ3v) is 3.53. The molecule has 0 aliphatic heterocycles. The molecule has 0 aliphatic rings. The first-order valence-corrected chi connectivity index (χ1v) is 7.76. The molecule has 4 heterocycles. The summed E-state index contributed by atoms with van der Waals surface area (Å²) < 4.78 is 0. The van der Waals surface area contributed by atoms with Gasteiger partial charge in [0.15, 0.2) is 5.82 Å². The van der Waals surface area contributed by atoms with Gasteiger partial charge in [-0.3, -0.25) is 15.0 Å². The maximum absolute atomic E-state index is 4.65. The molecule has 0 bridgehead atoms. The zero-order valence-corrected chi connectivity index (χ0v) is 13.2. The maximum atomic E-state index is 4.65. The van der Waals surface area contributed by atoms with Gasteiger partial charge in [-0.2, -0.15) is 0 Å². The summed E-state index contributed by atoms with van der Waals surface area (Å²) in [6, 6.07) is 15.2. The second kappa shape index (κ2) is 6.84. The molecule has 4 rings (SSSR count). The zero-order valence-electron chi connectivity index (χ0n) is 13.2. The summed E-state index contributed by atoms with van der Waals surface area (Å²) in [6.07, 6.45) is 8.67. The van der Waals surface area contributed by atoms with E-state index in [0.717, 1.165) is 22.6 Å². The smallest absolute Gasteiger partial charge is 0.163 e. The van der Waals surface area contributed by atoms with Crippen molar-refractivity contribution in [1.29, 1.82) is 0 Å². The van der Waals surface area contributed by atoms with E-state index in [-0.39, 0.29) is 0 Å². The third-order valence-electron chi connectivity index (χ3n) is 3.53. The van der Waals surface area contributed by atoms with E-state index in [1.54, 1.807) is 31.0 Å². The number of hydrogen-bond donors (Lipinski definition) is 1. The van der Waals surface area contributed by atoms with Crippen molar-refractivity contribution >= 4 is 11.5 Å². The van der Waals surface area contributed by atoms with E-state index in [9.17, 15) is 0 Å². The Morgan fingerprint density at radius 3 is 2.40 bits per heavy atom. The van der Waals surface area contributed by atoms with Crippen molar-refractivity contribution in [2.24, 2.45) is 0 Å². The molecule has 0 unspecified atom stereocenters. The summed E-state index contributed by atoms with van der Waals surface area (Å²) in [4.78, 5) is 21.8. The molecule has 0 saturated heterocycles. The highest BCUT2D eigenvalue weighted by atomic mass is 15.0. The van der Waals surface area contributed by atoms with Crippen molar-refractivity contribution in [3.05, 3.63) is 79.5 Å². The zero-order chi connectivity index (χ0) is 16.9. The Morgan fingerprint density at radius 1 is 0.720 bits per heavy atom. The van der Waals surface area contributed by atoms with Crippen LogP contribution in [0.4, 0.5) is 11.5 Å². The van der Waals surface area contributed by atoms with Crippen LogP contribution in [0.25, 0.3) is 22.8 Å². The van der Waals surface area contributed by atoms with Crippen LogP contribution in [0.1, 0.15) is 0 Å². The van der Waals surface area contributed by atoms with Crippen LogP contribution in [0.2, 0.25) is 0 Å². The SMILES string of the molecule is c1ccc(-c2cc(Nc3ccncc3)nc(-c3cccnc3)n2)nc1. The van der Waals surface area contributed by atoms with Crippen LogP contribution < -0.4 is 5.32 Å². The van der Waals surface area contributed by atoms with Gasteiger partial charge in [0.25, 0.3) is 0 Å². The fraction of sp³-hybridized carbons (Fsp3) is 0. The molecule has 0 saturated carbocycles. The second-order valence-corrected chi connectivity index (χ2v) is 5.28. The predicted molar refractivity (Wildman–Crippen MR) is 96.0 cm³/mol. The van der Waals surface area contributed by atoms with Crippen LogP contribution in [0.3, 0.4) is 0 Å². The Bertz CT molecular complexity index is 901. The summed E-state index contributed by atoms with van der Waals surface area (Å²) >= 11 is 0. The Hall–Kier alpha value is -3.67. The van der Waals surface area contributed by atoms with Gasteiger partial charge in [-0.15, -0.1) is 0 Å². The third kappa shape index (κ3) is 3.48. The summed E-state index contributed by atoms with van der Waals surface area (Å²) in [5.41, 5.74) is 3.27. The topological polar surface area (TPSA) is 76.5 Å². The van der Waals surface area contributed by atoms with Crippen LogP contribution in [-0.2, 0) is 0 Å². The lowest BCUT2D eigenvalue weighted by Crippen LogP contribution is -2.00. The van der Waals surface area contributed by atoms with Crippen molar-refractivity contribution in [2.75, 3.05) is 5.32 Å². The molecule has 4 aromatic heterocycles. The van der Waals surface area contributed by atoms with Crippen LogP contribution in [0, 0.1) is 0 Å². The van der Waals surface area contributed by atoms with Crippen molar-refractivity contribution in [1.82, 2.24) is 24.9 Å². The number of nitrogens with zero attached hydrogens (tertiary/aromatic N) is 5. The van der Waals surface area contributed by atoms with Crippen molar-refractivity contribution < 1.29 is 0 Å². The summed E-state index contributed by atoms with van der Waals surface area (Å²) in [7, 11) is 0. The fourth-order valence-corrected chi connectivity index (χ4v) is 2.36. The standard InChI is InChI=1S/C19H14N6/c1-2-9-22-16(5-1)17-12-18(23-15-6-10-20-11-7-15)25-19(24-17)14-4-3-8-21-13-14/h1-13H,(H,20,23,24,25). The number of pyridine rings is 3. The highest BCUT2D eigenvalue weighted by Crippen LogP contribution is 2.24. The molecule has 120 valence electrons. The first-order valence-electron chi connectivity index (χ1n) is 7.76. The molecular formula is C19H14N6. The lowest BCUT2D eigenvalue weighted by molar-refractivity contribution is 1.15. The van der Waals surface area contributed by atoms with Crippen LogP contribution in [-0.4, -0.2) is 24.9 Å². The molecule has 0 aromatic carbocycles. The minimum Gasteiger partial charge on any atom is -0.340 e. The summed E-state index contributed by atoms with van der Waals surface area (Å²) in [5.74, 6) is 1.27. The predicted octanol–water partition coefficient (Wildman–Crippen LogP) is 3.74. The first-order chi connectivity index (χ1) is 12.4. The van der Waals surface area contributed by atoms with Gasteiger partial charge in [-0.05, 0) is 36.4 Å². The number of aromatic nitrogens is 5. The Morgan fingerprint density at radius 2 is 1.64 bits per heavy atom. The largest absolute Gasteiger partial charge is 0.340 e. The molecule has 0 aliphatic carbocycles. The number of anilines is 2. The van der Waals surface area contributed by atoms with Crippen LogP contribution in [0.15, 0.2) is 79.5 Å². The van der Waals surface area contributed by atoms with E-state index in [4.69, 9.17) is 0 Å². The molecule has 6 nitrogen and oxygen atoms in total. The van der Waals surface area contributed by atoms with E-state index in [1.165, 1.54) is 0 Å². The molecule has 25 heavy (non-hydrogen) atoms. The molecule has 0 fully saturated rings. The summed E-state index contributed by atoms with van der Waals surface area (Å²) in [5, 5.41) is 3.28. The van der Waals surface area contributed by atoms with Gasteiger partial charge in [-0.1, -0.05) is 6.07 Å². The number of nitrogens with one attached hydrogen (secondary N) is 1. The second-order valence-electron chi connectivity index (χ2n) is 5.28. The van der Waals surface area contributed by atoms with Crippen LogP contribution in [0.5, 0.6) is 0 Å². The molecule has 0 atom stereocenters. The molecule has 0 spiro atoms. The van der Waals surface area contributed by atoms with Crippen LogP contribution >= 0.6 is 0 Å². The molecular weight excluding hydrogens is 312 g/mol. The van der Waals surface area contributed by atoms with Gasteiger partial charge in [0.1, 0.15) is 5.82 Å². The normalized spacial score (nSPS) is 10.4. The highest BCUT2D eigenvalue weighted by Gasteiger charge is 2.10. The molecule has 0 amide bonds. The molecule has 6 heteroatoms. The van der Waals surface area contributed by atoms with E-state index in [0.29, 0.717) is 11.6 Å².